The molecule has 1 aliphatic heterocycles. The fourth-order valence-electron chi connectivity index (χ4n) is 1.73. The molecule has 2 N–H and O–H groups in total. The highest BCUT2D eigenvalue weighted by Gasteiger charge is 2.19. The molecule has 3 rings (SSSR count). The van der Waals surface area contributed by atoms with Crippen molar-refractivity contribution in [2.24, 2.45) is 0 Å². The number of fused-ring (bicyclic) bond motifs is 2. The zero-order chi connectivity index (χ0) is 13.4. The van der Waals surface area contributed by atoms with Crippen molar-refractivity contribution < 1.29 is 14.7 Å². The summed E-state index contributed by atoms with van der Waals surface area (Å²) in [6, 6.07) is 11.6. The Morgan fingerprint density at radius 3 is 2.21 bits per heavy atom. The van der Waals surface area contributed by atoms with Gasteiger partial charge in [0.25, 0.3) is 0 Å². The molecule has 0 spiro atoms. The average Bonchev–Trinajstić information content (AvgIpc) is 2.35. The first-order chi connectivity index (χ1) is 9.11. The first-order valence-electron chi connectivity index (χ1n) is 5.44. The monoisotopic (exact) mass is 354 g/mol. The van der Waals surface area contributed by atoms with Gasteiger partial charge in [-0.15, -0.1) is 0 Å². The van der Waals surface area contributed by atoms with Gasteiger partial charge in [-0.2, -0.15) is 0 Å². The number of hydrogen-bond acceptors (Lipinski definition) is 5. The lowest BCUT2D eigenvalue weighted by Crippen LogP contribution is -2.20. The molecule has 0 radical (unpaired) electrons. The summed E-state index contributed by atoms with van der Waals surface area (Å²) in [4.78, 5) is 4.58. The van der Waals surface area contributed by atoms with Crippen molar-refractivity contribution in [3.8, 4) is 5.75 Å². The van der Waals surface area contributed by atoms with Crippen LogP contribution in [0.2, 0.25) is 0 Å². The van der Waals surface area contributed by atoms with Crippen molar-refractivity contribution in [1.29, 1.82) is 0 Å². The fourth-order valence-corrected chi connectivity index (χ4v) is 4.51. The van der Waals surface area contributed by atoms with Crippen LogP contribution in [0, 0.1) is 0 Å². The number of halogens is 1. The molecule has 0 bridgehead atoms. The fraction of sp³-hybridized carbons (Fsp3) is 0. The van der Waals surface area contributed by atoms with Gasteiger partial charge in [-0.05, 0) is 36.4 Å². The van der Waals surface area contributed by atoms with Crippen LogP contribution in [0.15, 0.2) is 60.5 Å². The molecule has 1 aliphatic rings. The minimum absolute atomic E-state index is 0.447. The average molecular weight is 355 g/mol. The zero-order valence-corrected chi connectivity index (χ0v) is 12.8. The Morgan fingerprint density at radius 2 is 1.53 bits per heavy atom. The molecule has 0 unspecified atom stereocenters. The molecule has 96 valence electrons. The Kier molecular flexibility index (Phi) is 3.82. The molecule has 0 amide bonds. The Bertz CT molecular complexity index is 636. The highest BCUT2D eigenvalue weighted by atomic mass is 79.9. The Balaban J connectivity index is 1.93. The molecule has 0 aromatic heterocycles. The van der Waals surface area contributed by atoms with Gasteiger partial charge in [0, 0.05) is 24.1 Å². The van der Waals surface area contributed by atoms with Gasteiger partial charge >= 0.3 is 7.32 Å². The molecule has 0 fully saturated rings. The predicted octanol–water partition coefficient (Wildman–Crippen LogP) is 3.41. The Labute approximate surface area is 127 Å². The summed E-state index contributed by atoms with van der Waals surface area (Å²) in [5.41, 5.74) is 0. The van der Waals surface area contributed by atoms with Gasteiger partial charge in [0.15, 0.2) is 0 Å². The van der Waals surface area contributed by atoms with E-state index in [9.17, 15) is 0 Å². The van der Waals surface area contributed by atoms with Gasteiger partial charge in [0.2, 0.25) is 0 Å². The second kappa shape index (κ2) is 5.42. The van der Waals surface area contributed by atoms with Gasteiger partial charge < -0.3 is 14.7 Å². The summed E-state index contributed by atoms with van der Waals surface area (Å²) in [5, 5.41) is 17.6. The normalized spacial score (nSPS) is 12.6. The highest BCUT2D eigenvalue weighted by molar-refractivity contribution is 9.10. The van der Waals surface area contributed by atoms with Crippen LogP contribution in [0.25, 0.3) is 0 Å². The largest absolute Gasteiger partial charge is 0.707 e. The second-order valence-corrected chi connectivity index (χ2v) is 6.93. The van der Waals surface area contributed by atoms with Gasteiger partial charge in [0.05, 0.1) is 0 Å². The van der Waals surface area contributed by atoms with Crippen molar-refractivity contribution in [3.05, 3.63) is 40.9 Å². The molecule has 7 heteroatoms. The SMILES string of the molecule is OB(O)Oc1ccc2c(c1)Sc1ccc(Br)cc1S2. The van der Waals surface area contributed by atoms with Gasteiger partial charge in [-0.1, -0.05) is 39.5 Å². The maximum Gasteiger partial charge on any atom is 0.707 e. The van der Waals surface area contributed by atoms with E-state index in [-0.39, 0.29) is 0 Å². The smallest absolute Gasteiger partial charge is 0.512 e. The zero-order valence-electron chi connectivity index (χ0n) is 9.54. The first-order valence-corrected chi connectivity index (χ1v) is 7.86. The molecule has 0 saturated carbocycles. The molecule has 1 heterocycles. The van der Waals surface area contributed by atoms with E-state index in [0.717, 1.165) is 14.3 Å². The van der Waals surface area contributed by atoms with Gasteiger partial charge in [0.1, 0.15) is 5.75 Å². The molecule has 3 nitrogen and oxygen atoms in total. The maximum absolute atomic E-state index is 8.81. The maximum atomic E-state index is 8.81. The van der Waals surface area contributed by atoms with Gasteiger partial charge in [-0.3, -0.25) is 0 Å². The predicted molar refractivity (Wildman–Crippen MR) is 79.6 cm³/mol. The molecule has 0 saturated heterocycles. The van der Waals surface area contributed by atoms with Gasteiger partial charge in [-0.25, -0.2) is 0 Å². The van der Waals surface area contributed by atoms with Crippen LogP contribution in [0.3, 0.4) is 0 Å². The summed E-state index contributed by atoms with van der Waals surface area (Å²) in [7, 11) is -1.79. The lowest BCUT2D eigenvalue weighted by Gasteiger charge is -2.19. The third-order valence-electron chi connectivity index (χ3n) is 2.50. The molecule has 0 aliphatic carbocycles. The molecule has 0 atom stereocenters. The lowest BCUT2D eigenvalue weighted by molar-refractivity contribution is 0.288. The van der Waals surface area contributed by atoms with Crippen molar-refractivity contribution in [2.45, 2.75) is 19.6 Å². The minimum Gasteiger partial charge on any atom is -0.512 e. The summed E-state index contributed by atoms with van der Waals surface area (Å²) in [6.45, 7) is 0. The molecule has 2 aromatic rings. The molecule has 19 heavy (non-hydrogen) atoms. The standard InChI is InChI=1S/C12H8BBrO3S2/c14-7-1-3-9-11(5-7)18-10-4-2-8(17-13(15)16)6-12(10)19-9/h1-6,15-16H. The molecular weight excluding hydrogens is 347 g/mol. The van der Waals surface area contributed by atoms with E-state index in [0.29, 0.717) is 5.75 Å². The third-order valence-corrected chi connectivity index (χ3v) is 5.52. The van der Waals surface area contributed by atoms with Crippen LogP contribution < -0.4 is 4.65 Å². The topological polar surface area (TPSA) is 49.7 Å². The summed E-state index contributed by atoms with van der Waals surface area (Å²) < 4.78 is 5.93. The summed E-state index contributed by atoms with van der Waals surface area (Å²) >= 11 is 6.81. The lowest BCUT2D eigenvalue weighted by atomic mass is 10.2. The third kappa shape index (κ3) is 2.95. The Hall–Kier alpha value is -0.595. The quantitative estimate of drug-likeness (QED) is 0.690. The molecular formula is C12H8BBrO3S2. The van der Waals surface area contributed by atoms with Crippen LogP contribution in [0.5, 0.6) is 5.75 Å². The van der Waals surface area contributed by atoms with E-state index in [1.165, 1.54) is 9.79 Å². The number of rotatable bonds is 2. The van der Waals surface area contributed by atoms with E-state index in [4.69, 9.17) is 14.7 Å². The van der Waals surface area contributed by atoms with Crippen LogP contribution in [-0.4, -0.2) is 17.4 Å². The van der Waals surface area contributed by atoms with Crippen LogP contribution in [0.1, 0.15) is 0 Å². The van der Waals surface area contributed by atoms with E-state index >= 15 is 0 Å². The van der Waals surface area contributed by atoms with E-state index in [2.05, 4.69) is 28.1 Å². The van der Waals surface area contributed by atoms with Crippen molar-refractivity contribution >= 4 is 46.8 Å². The number of benzene rings is 2. The minimum atomic E-state index is -1.79. The van der Waals surface area contributed by atoms with E-state index in [1.807, 2.05) is 18.2 Å². The van der Waals surface area contributed by atoms with Crippen LogP contribution in [-0.2, 0) is 0 Å². The highest BCUT2D eigenvalue weighted by Crippen LogP contribution is 2.49. The number of hydrogen-bond donors (Lipinski definition) is 2. The van der Waals surface area contributed by atoms with Crippen molar-refractivity contribution in [3.63, 3.8) is 0 Å². The summed E-state index contributed by atoms with van der Waals surface area (Å²) in [5.74, 6) is 0.447. The van der Waals surface area contributed by atoms with E-state index < -0.39 is 7.32 Å². The Morgan fingerprint density at radius 1 is 0.895 bits per heavy atom. The van der Waals surface area contributed by atoms with E-state index in [1.54, 1.807) is 29.6 Å². The van der Waals surface area contributed by atoms with Crippen molar-refractivity contribution in [1.82, 2.24) is 0 Å². The van der Waals surface area contributed by atoms with Crippen LogP contribution in [0.4, 0.5) is 0 Å². The first kappa shape index (κ1) is 13.4. The van der Waals surface area contributed by atoms with Crippen LogP contribution >= 0.6 is 39.5 Å². The second-order valence-electron chi connectivity index (χ2n) is 3.85. The molecule has 2 aromatic carbocycles. The van der Waals surface area contributed by atoms with Crippen molar-refractivity contribution in [2.75, 3.05) is 0 Å². The summed E-state index contributed by atoms with van der Waals surface area (Å²) in [6.07, 6.45) is 0.